The molecule has 4 nitrogen and oxygen atoms in total. The number of nitrogens with zero attached hydrogens (tertiary/aromatic N) is 2. The van der Waals surface area contributed by atoms with Crippen molar-refractivity contribution in [1.29, 1.82) is 0 Å². The van der Waals surface area contributed by atoms with Crippen LogP contribution < -0.4 is 0 Å². The van der Waals surface area contributed by atoms with Crippen LogP contribution in [-0.4, -0.2) is 32.6 Å². The first-order chi connectivity index (χ1) is 10.0. The molecule has 0 aromatic heterocycles. The van der Waals surface area contributed by atoms with E-state index >= 15 is 0 Å². The highest BCUT2D eigenvalue weighted by Crippen LogP contribution is 2.39. The molecule has 1 aromatic carbocycles. The first-order valence-electron chi connectivity index (χ1n) is 7.90. The Morgan fingerprint density at radius 3 is 2.52 bits per heavy atom. The summed E-state index contributed by atoms with van der Waals surface area (Å²) >= 11 is 0. The van der Waals surface area contributed by atoms with Crippen molar-refractivity contribution < 1.29 is 9.90 Å². The Kier molecular flexibility index (Phi) is 3.66. The molecule has 0 radical (unpaired) electrons. The molecule has 114 valence electrons. The number of hydrogen-bond acceptors (Lipinski definition) is 3. The summed E-state index contributed by atoms with van der Waals surface area (Å²) in [7, 11) is 0. The first-order valence-corrected chi connectivity index (χ1v) is 7.90. The van der Waals surface area contributed by atoms with Crippen LogP contribution in [-0.2, 0) is 11.3 Å². The molecule has 0 unspecified atom stereocenters. The molecule has 2 aliphatic rings. The molecule has 1 aromatic rings. The Balaban J connectivity index is 1.80. The van der Waals surface area contributed by atoms with E-state index < -0.39 is 5.54 Å². The van der Waals surface area contributed by atoms with Crippen molar-refractivity contribution in [3.05, 3.63) is 29.8 Å². The summed E-state index contributed by atoms with van der Waals surface area (Å²) in [6.07, 6.45) is 5.89. The molecule has 1 N–H and O–H groups in total. The Morgan fingerprint density at radius 2 is 1.86 bits per heavy atom. The standard InChI is InChI=1S/C17H24N2O2/c1-17(2)16(21)19(14-9-4-3-5-10-14)18(17)12-13-8-6-7-11-15(13)20/h6-8,11,14,20H,3-5,9-10,12H2,1-2H3. The zero-order valence-corrected chi connectivity index (χ0v) is 12.9. The molecule has 2 fully saturated rings. The molecular weight excluding hydrogens is 264 g/mol. The lowest BCUT2D eigenvalue weighted by Gasteiger charge is -2.59. The molecule has 1 saturated heterocycles. The fourth-order valence-electron chi connectivity index (χ4n) is 3.49. The SMILES string of the molecule is CC1(C)C(=O)N(C2CCCCC2)N1Cc1ccccc1O. The van der Waals surface area contributed by atoms with Crippen molar-refractivity contribution in [3.63, 3.8) is 0 Å². The summed E-state index contributed by atoms with van der Waals surface area (Å²) in [4.78, 5) is 12.5. The molecule has 1 amide bonds. The van der Waals surface area contributed by atoms with Crippen LogP contribution in [0.25, 0.3) is 0 Å². The first kappa shape index (κ1) is 14.4. The van der Waals surface area contributed by atoms with Crippen molar-refractivity contribution in [3.8, 4) is 5.75 Å². The summed E-state index contributed by atoms with van der Waals surface area (Å²) in [6, 6.07) is 7.71. The molecule has 0 spiro atoms. The van der Waals surface area contributed by atoms with E-state index in [-0.39, 0.29) is 5.91 Å². The van der Waals surface area contributed by atoms with E-state index in [1.807, 2.05) is 37.1 Å². The van der Waals surface area contributed by atoms with E-state index in [9.17, 15) is 9.90 Å². The minimum absolute atomic E-state index is 0.213. The number of carbonyl (C=O) groups is 1. The summed E-state index contributed by atoms with van der Waals surface area (Å²) in [5, 5.41) is 14.1. The predicted octanol–water partition coefficient (Wildman–Crippen LogP) is 3.06. The molecular formula is C17H24N2O2. The number of amides is 1. The van der Waals surface area contributed by atoms with Gasteiger partial charge in [-0.05, 0) is 32.8 Å². The number of phenols is 1. The van der Waals surface area contributed by atoms with Crippen LogP contribution >= 0.6 is 0 Å². The third-order valence-corrected chi connectivity index (χ3v) is 4.87. The van der Waals surface area contributed by atoms with Crippen LogP contribution in [0.5, 0.6) is 5.75 Å². The Morgan fingerprint density at radius 1 is 1.19 bits per heavy atom. The molecule has 1 aliphatic heterocycles. The van der Waals surface area contributed by atoms with Gasteiger partial charge in [-0.3, -0.25) is 9.80 Å². The molecule has 1 aliphatic carbocycles. The highest BCUT2D eigenvalue weighted by molar-refractivity contribution is 5.90. The molecule has 1 heterocycles. The number of para-hydroxylation sites is 1. The van der Waals surface area contributed by atoms with E-state index in [2.05, 4.69) is 5.01 Å². The van der Waals surface area contributed by atoms with Crippen molar-refractivity contribution in [2.24, 2.45) is 0 Å². The van der Waals surface area contributed by atoms with E-state index in [1.54, 1.807) is 6.07 Å². The van der Waals surface area contributed by atoms with Gasteiger partial charge in [0.2, 0.25) is 0 Å². The fraction of sp³-hybridized carbons (Fsp3) is 0.588. The molecule has 21 heavy (non-hydrogen) atoms. The Labute approximate surface area is 126 Å². The van der Waals surface area contributed by atoms with Gasteiger partial charge in [-0.25, -0.2) is 0 Å². The van der Waals surface area contributed by atoms with Crippen LogP contribution in [0.4, 0.5) is 0 Å². The quantitative estimate of drug-likeness (QED) is 0.929. The van der Waals surface area contributed by atoms with Gasteiger partial charge in [-0.2, -0.15) is 5.01 Å². The number of phenolic OH excluding ortho intramolecular Hbond substituents is 1. The van der Waals surface area contributed by atoms with Crippen LogP contribution in [0.1, 0.15) is 51.5 Å². The van der Waals surface area contributed by atoms with Gasteiger partial charge < -0.3 is 5.11 Å². The lowest BCUT2D eigenvalue weighted by molar-refractivity contribution is -0.231. The van der Waals surface area contributed by atoms with Gasteiger partial charge in [0.15, 0.2) is 0 Å². The number of hydrogen-bond donors (Lipinski definition) is 1. The van der Waals surface area contributed by atoms with Gasteiger partial charge in [0.25, 0.3) is 5.91 Å². The van der Waals surface area contributed by atoms with Gasteiger partial charge >= 0.3 is 0 Å². The highest BCUT2D eigenvalue weighted by Gasteiger charge is 2.54. The maximum absolute atomic E-state index is 12.5. The third kappa shape index (κ3) is 2.42. The highest BCUT2D eigenvalue weighted by atomic mass is 16.3. The van der Waals surface area contributed by atoms with Gasteiger partial charge in [0.05, 0.1) is 0 Å². The molecule has 3 rings (SSSR count). The number of aromatic hydroxyl groups is 1. The predicted molar refractivity (Wildman–Crippen MR) is 81.4 cm³/mol. The van der Waals surface area contributed by atoms with Gasteiger partial charge in [0, 0.05) is 18.2 Å². The summed E-state index contributed by atoms with van der Waals surface area (Å²) < 4.78 is 0. The van der Waals surface area contributed by atoms with Crippen molar-refractivity contribution in [2.45, 2.75) is 64.1 Å². The molecule has 0 atom stereocenters. The summed E-state index contributed by atoms with van der Waals surface area (Å²) in [5.74, 6) is 0.515. The van der Waals surface area contributed by atoms with Crippen molar-refractivity contribution in [2.75, 3.05) is 0 Å². The number of hydrazine groups is 1. The third-order valence-electron chi connectivity index (χ3n) is 4.87. The number of benzene rings is 1. The zero-order chi connectivity index (χ0) is 15.0. The minimum atomic E-state index is -0.472. The maximum Gasteiger partial charge on any atom is 0.258 e. The summed E-state index contributed by atoms with van der Waals surface area (Å²) in [5.41, 5.74) is 0.401. The monoisotopic (exact) mass is 288 g/mol. The van der Waals surface area contributed by atoms with Gasteiger partial charge in [0.1, 0.15) is 11.3 Å². The van der Waals surface area contributed by atoms with Crippen LogP contribution in [0.3, 0.4) is 0 Å². The van der Waals surface area contributed by atoms with Crippen molar-refractivity contribution in [1.82, 2.24) is 10.0 Å². The summed E-state index contributed by atoms with van der Waals surface area (Å²) in [6.45, 7) is 4.52. The molecule has 4 heteroatoms. The van der Waals surface area contributed by atoms with E-state index in [0.717, 1.165) is 18.4 Å². The number of rotatable bonds is 3. The smallest absolute Gasteiger partial charge is 0.258 e. The lowest BCUT2D eigenvalue weighted by Crippen LogP contribution is -2.76. The average molecular weight is 288 g/mol. The van der Waals surface area contributed by atoms with E-state index in [0.29, 0.717) is 18.3 Å². The van der Waals surface area contributed by atoms with Crippen LogP contribution in [0.2, 0.25) is 0 Å². The zero-order valence-electron chi connectivity index (χ0n) is 12.9. The largest absolute Gasteiger partial charge is 0.508 e. The second-order valence-corrected chi connectivity index (χ2v) is 6.69. The second-order valence-electron chi connectivity index (χ2n) is 6.69. The van der Waals surface area contributed by atoms with Crippen LogP contribution in [0.15, 0.2) is 24.3 Å². The fourth-order valence-corrected chi connectivity index (χ4v) is 3.49. The molecule has 0 bridgehead atoms. The Hall–Kier alpha value is -1.55. The van der Waals surface area contributed by atoms with Crippen LogP contribution in [0, 0.1) is 0 Å². The normalized spacial score (nSPS) is 23.1. The topological polar surface area (TPSA) is 43.8 Å². The van der Waals surface area contributed by atoms with Gasteiger partial charge in [-0.1, -0.05) is 37.5 Å². The van der Waals surface area contributed by atoms with Gasteiger partial charge in [-0.15, -0.1) is 0 Å². The number of carbonyl (C=O) groups excluding carboxylic acids is 1. The van der Waals surface area contributed by atoms with Crippen molar-refractivity contribution >= 4 is 5.91 Å². The average Bonchev–Trinajstić information content (AvgIpc) is 2.49. The minimum Gasteiger partial charge on any atom is -0.508 e. The lowest BCUT2D eigenvalue weighted by atomic mass is 9.89. The van der Waals surface area contributed by atoms with E-state index in [4.69, 9.17) is 0 Å². The second kappa shape index (κ2) is 5.34. The Bertz CT molecular complexity index is 535. The molecule has 1 saturated carbocycles. The maximum atomic E-state index is 12.5. The van der Waals surface area contributed by atoms with E-state index in [1.165, 1.54) is 19.3 Å².